The Bertz CT molecular complexity index is 3390. The van der Waals surface area contributed by atoms with Crippen LogP contribution in [-0.2, 0) is 5.41 Å². The summed E-state index contributed by atoms with van der Waals surface area (Å²) in [6, 6.07) is 81.8. The fourth-order valence-corrected chi connectivity index (χ4v) is 9.38. The summed E-state index contributed by atoms with van der Waals surface area (Å²) in [5, 5.41) is 9.47. The van der Waals surface area contributed by atoms with Gasteiger partial charge in [0.05, 0.1) is 22.8 Å². The Hall–Kier alpha value is -8.60. The fourth-order valence-electron chi connectivity index (χ4n) is 9.38. The average molecular weight is 857 g/mol. The molecule has 12 rings (SSSR count). The number of hydrogen-bond acceptors (Lipinski definition) is 4. The molecule has 0 bridgehead atoms. The van der Waals surface area contributed by atoms with Crippen LogP contribution in [0, 0.1) is 0 Å². The molecule has 2 heterocycles. The molecule has 10 aromatic carbocycles. The van der Waals surface area contributed by atoms with Gasteiger partial charge in [-0.2, -0.15) is 0 Å². The largest absolute Gasteiger partial charge is 0.228 e. The van der Waals surface area contributed by atoms with Crippen LogP contribution in [-0.4, -0.2) is 19.9 Å². The highest BCUT2D eigenvalue weighted by molar-refractivity contribution is 5.91. The van der Waals surface area contributed by atoms with Crippen molar-refractivity contribution in [1.29, 1.82) is 0 Å². The molecule has 4 nitrogen and oxygen atoms in total. The summed E-state index contributed by atoms with van der Waals surface area (Å²) in [5.74, 6) is 1.40. The first-order chi connectivity index (χ1) is 32.9. The van der Waals surface area contributed by atoms with Crippen LogP contribution in [0.2, 0.25) is 0 Å². The molecule has 316 valence electrons. The molecule has 0 aliphatic rings. The third kappa shape index (κ3) is 7.69. The van der Waals surface area contributed by atoms with E-state index >= 15 is 0 Å². The van der Waals surface area contributed by atoms with E-state index in [2.05, 4.69) is 244 Å². The molecule has 0 unspecified atom stereocenters. The third-order valence-corrected chi connectivity index (χ3v) is 13.4. The molecule has 0 radical (unpaired) electrons. The molecule has 0 amide bonds. The van der Waals surface area contributed by atoms with E-state index in [0.29, 0.717) is 11.6 Å². The predicted octanol–water partition coefficient (Wildman–Crippen LogP) is 16.2. The summed E-state index contributed by atoms with van der Waals surface area (Å²) in [7, 11) is 0. The van der Waals surface area contributed by atoms with Gasteiger partial charge in [0.2, 0.25) is 0 Å². The molecule has 0 spiro atoms. The molecular formula is C63H44N4. The lowest BCUT2D eigenvalue weighted by Gasteiger charge is -2.26. The van der Waals surface area contributed by atoms with E-state index in [1.165, 1.54) is 43.4 Å². The maximum Gasteiger partial charge on any atom is 0.160 e. The Kier molecular flexibility index (Phi) is 9.80. The molecule has 4 heteroatoms. The van der Waals surface area contributed by atoms with E-state index < -0.39 is 0 Å². The highest BCUT2D eigenvalue weighted by Gasteiger charge is 2.24. The van der Waals surface area contributed by atoms with Crippen LogP contribution in [0.25, 0.3) is 111 Å². The first kappa shape index (κ1) is 40.0. The number of benzene rings is 10. The van der Waals surface area contributed by atoms with Crippen molar-refractivity contribution in [3.63, 3.8) is 0 Å². The molecule has 0 aliphatic carbocycles. The van der Waals surface area contributed by atoms with Crippen LogP contribution in [0.15, 0.2) is 231 Å². The number of rotatable bonds is 8. The summed E-state index contributed by atoms with van der Waals surface area (Å²) in [5.41, 5.74) is 11.8. The number of fused-ring (bicyclic) bond motifs is 4. The Morgan fingerprint density at radius 3 is 0.821 bits per heavy atom. The third-order valence-electron chi connectivity index (χ3n) is 13.4. The van der Waals surface area contributed by atoms with Crippen molar-refractivity contribution in [3.8, 4) is 67.8 Å². The minimum Gasteiger partial charge on any atom is -0.228 e. The van der Waals surface area contributed by atoms with Crippen molar-refractivity contribution in [2.45, 2.75) is 19.3 Å². The second-order valence-electron chi connectivity index (χ2n) is 18.0. The molecule has 0 fully saturated rings. The van der Waals surface area contributed by atoms with Crippen LogP contribution in [0.1, 0.15) is 25.0 Å². The van der Waals surface area contributed by atoms with Crippen molar-refractivity contribution in [2.75, 3.05) is 0 Å². The van der Waals surface area contributed by atoms with Gasteiger partial charge in [-0.3, -0.25) is 0 Å². The molecule has 0 N–H and O–H groups in total. The zero-order valence-corrected chi connectivity index (χ0v) is 37.2. The Morgan fingerprint density at radius 2 is 0.493 bits per heavy atom. The van der Waals surface area contributed by atoms with Gasteiger partial charge in [-0.25, -0.2) is 19.9 Å². The van der Waals surface area contributed by atoms with E-state index in [-0.39, 0.29) is 5.41 Å². The van der Waals surface area contributed by atoms with Gasteiger partial charge < -0.3 is 0 Å². The first-order valence-electron chi connectivity index (χ1n) is 22.8. The quantitative estimate of drug-likeness (QED) is 0.153. The van der Waals surface area contributed by atoms with Gasteiger partial charge in [-0.1, -0.05) is 208 Å². The second-order valence-corrected chi connectivity index (χ2v) is 18.0. The van der Waals surface area contributed by atoms with Gasteiger partial charge in [0.25, 0.3) is 0 Å². The summed E-state index contributed by atoms with van der Waals surface area (Å²) >= 11 is 0. The Morgan fingerprint density at radius 1 is 0.239 bits per heavy atom. The molecular weight excluding hydrogens is 813 g/mol. The number of aromatic nitrogens is 4. The van der Waals surface area contributed by atoms with Gasteiger partial charge in [0.1, 0.15) is 0 Å². The molecule has 0 saturated heterocycles. The molecule has 67 heavy (non-hydrogen) atoms. The summed E-state index contributed by atoms with van der Waals surface area (Å²) in [6.07, 6.45) is 0. The molecule has 2 aromatic heterocycles. The van der Waals surface area contributed by atoms with E-state index in [4.69, 9.17) is 19.9 Å². The van der Waals surface area contributed by atoms with Gasteiger partial charge in [-0.05, 0) is 90.6 Å². The van der Waals surface area contributed by atoms with E-state index in [1.54, 1.807) is 0 Å². The SMILES string of the molecule is CC(C)(c1ccc(-c2cc(-c3ccc4ccccc4c3)nc(-c3ccc4ccccc4c3)n2)cc1)c1ccc(-c2cc(-c3ccc4ccccc4c3)nc(-c3ccc4ccccc4c3)n2)cc1. The van der Waals surface area contributed by atoms with E-state index in [9.17, 15) is 0 Å². The average Bonchev–Trinajstić information content (AvgIpc) is 3.40. The lowest BCUT2D eigenvalue weighted by atomic mass is 9.77. The highest BCUT2D eigenvalue weighted by Crippen LogP contribution is 2.37. The van der Waals surface area contributed by atoms with Crippen LogP contribution in [0.3, 0.4) is 0 Å². The van der Waals surface area contributed by atoms with Crippen molar-refractivity contribution in [3.05, 3.63) is 242 Å². The van der Waals surface area contributed by atoms with E-state index in [0.717, 1.165) is 66.9 Å². The van der Waals surface area contributed by atoms with Crippen LogP contribution in [0.5, 0.6) is 0 Å². The van der Waals surface area contributed by atoms with Crippen LogP contribution >= 0.6 is 0 Å². The van der Waals surface area contributed by atoms with Gasteiger partial charge in [-0.15, -0.1) is 0 Å². The second kappa shape index (κ2) is 16.4. The minimum atomic E-state index is -0.284. The Labute approximate surface area is 390 Å². The lowest BCUT2D eigenvalue weighted by molar-refractivity contribution is 0.641. The standard InChI is InChI=1S/C63H44N4/c1-63(2,55-31-27-45(28-32-55)57-39-59(51-23-19-41-11-3-7-15-47(41)35-51)66-61(64-57)53-25-21-43-13-5-9-17-49(43)37-53)56-33-29-46(30-34-56)58-40-60(52-24-20-42-12-4-8-16-48(42)36-52)67-62(65-58)54-26-22-44-14-6-10-18-50(44)38-54/h3-40H,1-2H3. The maximum atomic E-state index is 5.21. The summed E-state index contributed by atoms with van der Waals surface area (Å²) < 4.78 is 0. The van der Waals surface area contributed by atoms with Crippen molar-refractivity contribution in [1.82, 2.24) is 19.9 Å². The topological polar surface area (TPSA) is 51.6 Å². The fraction of sp³-hybridized carbons (Fsp3) is 0.0476. The van der Waals surface area contributed by atoms with E-state index in [1.807, 2.05) is 0 Å². The first-order valence-corrected chi connectivity index (χ1v) is 22.8. The van der Waals surface area contributed by atoms with Gasteiger partial charge in [0.15, 0.2) is 11.6 Å². The lowest BCUT2D eigenvalue weighted by Crippen LogP contribution is -2.18. The highest BCUT2D eigenvalue weighted by atomic mass is 14.9. The summed E-state index contributed by atoms with van der Waals surface area (Å²) in [6.45, 7) is 4.58. The normalized spacial score (nSPS) is 11.7. The molecule has 0 atom stereocenters. The Balaban J connectivity index is 0.882. The van der Waals surface area contributed by atoms with Crippen LogP contribution < -0.4 is 0 Å². The molecule has 0 saturated carbocycles. The smallest absolute Gasteiger partial charge is 0.160 e. The maximum absolute atomic E-state index is 5.21. The molecule has 0 aliphatic heterocycles. The zero-order valence-electron chi connectivity index (χ0n) is 37.2. The molecule has 12 aromatic rings. The van der Waals surface area contributed by atoms with Crippen molar-refractivity contribution < 1.29 is 0 Å². The predicted molar refractivity (Wildman–Crippen MR) is 279 cm³/mol. The van der Waals surface area contributed by atoms with Crippen LogP contribution in [0.4, 0.5) is 0 Å². The number of nitrogens with zero attached hydrogens (tertiary/aromatic N) is 4. The zero-order chi connectivity index (χ0) is 44.9. The summed E-state index contributed by atoms with van der Waals surface area (Å²) in [4.78, 5) is 20.8. The van der Waals surface area contributed by atoms with Gasteiger partial charge in [0, 0.05) is 38.8 Å². The number of hydrogen-bond donors (Lipinski definition) is 0. The monoisotopic (exact) mass is 856 g/mol. The van der Waals surface area contributed by atoms with Crippen molar-refractivity contribution >= 4 is 43.1 Å². The minimum absolute atomic E-state index is 0.284. The van der Waals surface area contributed by atoms with Crippen molar-refractivity contribution in [2.24, 2.45) is 0 Å². The van der Waals surface area contributed by atoms with Gasteiger partial charge >= 0.3 is 0 Å².